The third-order valence-electron chi connectivity index (χ3n) is 4.54. The predicted molar refractivity (Wildman–Crippen MR) is 79.6 cm³/mol. The van der Waals surface area contributed by atoms with Crippen molar-refractivity contribution in [2.45, 2.75) is 37.9 Å². The summed E-state index contributed by atoms with van der Waals surface area (Å²) in [5.41, 5.74) is 4.25. The standard InChI is InChI=1S/C15H18Br2/c1-8-4-14(16)9(2)3-13(8)15(17)12-6-10-5-11(10)7-12/h3-4,10-12,15H,5-7H2,1-2H3. The van der Waals surface area contributed by atoms with Crippen LogP contribution in [0.25, 0.3) is 0 Å². The highest BCUT2D eigenvalue weighted by atomic mass is 79.9. The van der Waals surface area contributed by atoms with E-state index >= 15 is 0 Å². The molecule has 0 N–H and O–H groups in total. The second-order valence-corrected chi connectivity index (χ2v) is 7.69. The number of hydrogen-bond acceptors (Lipinski definition) is 0. The largest absolute Gasteiger partial charge is 0.0836 e. The Morgan fingerprint density at radius 3 is 2.35 bits per heavy atom. The highest BCUT2D eigenvalue weighted by molar-refractivity contribution is 9.10. The van der Waals surface area contributed by atoms with E-state index in [1.54, 1.807) is 0 Å². The highest BCUT2D eigenvalue weighted by Crippen LogP contribution is 2.58. The summed E-state index contributed by atoms with van der Waals surface area (Å²) in [6.07, 6.45) is 4.39. The number of hydrogen-bond donors (Lipinski definition) is 0. The van der Waals surface area contributed by atoms with Gasteiger partial charge in [-0.05, 0) is 73.6 Å². The lowest BCUT2D eigenvalue weighted by Gasteiger charge is -2.22. The molecular formula is C15H18Br2. The van der Waals surface area contributed by atoms with E-state index in [1.807, 2.05) is 0 Å². The fraction of sp³-hybridized carbons (Fsp3) is 0.600. The van der Waals surface area contributed by atoms with Crippen LogP contribution in [0.5, 0.6) is 0 Å². The lowest BCUT2D eigenvalue weighted by molar-refractivity contribution is 0.481. The number of rotatable bonds is 2. The van der Waals surface area contributed by atoms with Crippen molar-refractivity contribution < 1.29 is 0 Å². The van der Waals surface area contributed by atoms with Gasteiger partial charge in [0.25, 0.3) is 0 Å². The summed E-state index contributed by atoms with van der Waals surface area (Å²) in [7, 11) is 0. The van der Waals surface area contributed by atoms with Crippen LogP contribution in [0.1, 0.15) is 40.8 Å². The molecule has 0 radical (unpaired) electrons. The molecule has 2 aliphatic carbocycles. The fourth-order valence-corrected chi connectivity index (χ4v) is 4.74. The smallest absolute Gasteiger partial charge is 0.0426 e. The summed E-state index contributed by atoms with van der Waals surface area (Å²) in [5.74, 6) is 2.99. The first-order chi connectivity index (χ1) is 8.06. The van der Waals surface area contributed by atoms with E-state index in [2.05, 4.69) is 57.8 Å². The number of aryl methyl sites for hydroxylation is 2. The van der Waals surface area contributed by atoms with Crippen molar-refractivity contribution >= 4 is 31.9 Å². The lowest BCUT2D eigenvalue weighted by atomic mass is 9.91. The molecular weight excluding hydrogens is 340 g/mol. The minimum atomic E-state index is 0.557. The van der Waals surface area contributed by atoms with Crippen LogP contribution in [0.3, 0.4) is 0 Å². The van der Waals surface area contributed by atoms with Crippen LogP contribution < -0.4 is 0 Å². The molecule has 92 valence electrons. The SMILES string of the molecule is Cc1cc(C(Br)C2CC3CC3C2)c(C)cc1Br. The van der Waals surface area contributed by atoms with Gasteiger partial charge >= 0.3 is 0 Å². The van der Waals surface area contributed by atoms with Gasteiger partial charge in [-0.2, -0.15) is 0 Å². The molecule has 0 amide bonds. The lowest BCUT2D eigenvalue weighted by Crippen LogP contribution is -2.07. The van der Waals surface area contributed by atoms with Crippen molar-refractivity contribution in [1.82, 2.24) is 0 Å². The van der Waals surface area contributed by atoms with E-state index in [-0.39, 0.29) is 0 Å². The maximum absolute atomic E-state index is 3.96. The molecule has 0 spiro atoms. The molecule has 0 nitrogen and oxygen atoms in total. The Labute approximate surface area is 120 Å². The molecule has 3 rings (SSSR count). The fourth-order valence-electron chi connectivity index (χ4n) is 3.35. The van der Waals surface area contributed by atoms with Crippen LogP contribution in [0.4, 0.5) is 0 Å². The van der Waals surface area contributed by atoms with Gasteiger partial charge in [-0.1, -0.05) is 37.9 Å². The third kappa shape index (κ3) is 2.23. The maximum atomic E-state index is 3.96. The first-order valence-corrected chi connectivity index (χ1v) is 8.18. The van der Waals surface area contributed by atoms with Gasteiger partial charge in [0.1, 0.15) is 0 Å². The summed E-state index contributed by atoms with van der Waals surface area (Å²) < 4.78 is 1.23. The summed E-state index contributed by atoms with van der Waals surface area (Å²) in [6.45, 7) is 4.41. The Morgan fingerprint density at radius 1 is 1.06 bits per heavy atom. The van der Waals surface area contributed by atoms with E-state index < -0.39 is 0 Å². The Morgan fingerprint density at radius 2 is 1.71 bits per heavy atom. The molecule has 2 saturated carbocycles. The topological polar surface area (TPSA) is 0 Å². The number of fused-ring (bicyclic) bond motifs is 1. The monoisotopic (exact) mass is 356 g/mol. The summed E-state index contributed by atoms with van der Waals surface area (Å²) in [6, 6.07) is 4.61. The molecule has 0 heterocycles. The van der Waals surface area contributed by atoms with Gasteiger partial charge in [-0.3, -0.25) is 0 Å². The van der Waals surface area contributed by atoms with Gasteiger partial charge < -0.3 is 0 Å². The van der Waals surface area contributed by atoms with Crippen molar-refractivity contribution in [2.75, 3.05) is 0 Å². The first-order valence-electron chi connectivity index (χ1n) is 6.47. The number of alkyl halides is 1. The van der Waals surface area contributed by atoms with Crippen LogP contribution in [0, 0.1) is 31.6 Å². The normalized spacial score (nSPS) is 32.4. The Bertz CT molecular complexity index is 442. The zero-order valence-corrected chi connectivity index (χ0v) is 13.5. The number of benzene rings is 1. The minimum Gasteiger partial charge on any atom is -0.0836 e. The second kappa shape index (κ2) is 4.38. The maximum Gasteiger partial charge on any atom is 0.0426 e. The zero-order valence-electron chi connectivity index (χ0n) is 10.3. The molecule has 0 aliphatic heterocycles. The van der Waals surface area contributed by atoms with Crippen molar-refractivity contribution in [3.8, 4) is 0 Å². The van der Waals surface area contributed by atoms with Gasteiger partial charge in [0.05, 0.1) is 0 Å². The van der Waals surface area contributed by atoms with Gasteiger partial charge in [0.2, 0.25) is 0 Å². The quantitative estimate of drug-likeness (QED) is 0.609. The molecule has 0 bridgehead atoms. The molecule has 0 aromatic heterocycles. The Balaban J connectivity index is 1.85. The molecule has 2 fully saturated rings. The highest BCUT2D eigenvalue weighted by Gasteiger charge is 2.47. The van der Waals surface area contributed by atoms with Crippen molar-refractivity contribution in [2.24, 2.45) is 17.8 Å². The van der Waals surface area contributed by atoms with Gasteiger partial charge in [-0.15, -0.1) is 0 Å². The molecule has 2 heteroatoms. The average molecular weight is 358 g/mol. The zero-order chi connectivity index (χ0) is 12.2. The molecule has 2 aliphatic rings. The van der Waals surface area contributed by atoms with E-state index in [4.69, 9.17) is 0 Å². The van der Waals surface area contributed by atoms with E-state index in [0.29, 0.717) is 4.83 Å². The molecule has 1 aromatic rings. The van der Waals surface area contributed by atoms with E-state index in [9.17, 15) is 0 Å². The summed E-state index contributed by atoms with van der Waals surface area (Å²) >= 11 is 7.57. The van der Waals surface area contributed by atoms with Gasteiger partial charge in [0.15, 0.2) is 0 Å². The Hall–Kier alpha value is 0.180. The molecule has 3 atom stereocenters. The molecule has 17 heavy (non-hydrogen) atoms. The van der Waals surface area contributed by atoms with Crippen LogP contribution >= 0.6 is 31.9 Å². The second-order valence-electron chi connectivity index (χ2n) is 5.85. The average Bonchev–Trinajstić information content (AvgIpc) is 2.90. The van der Waals surface area contributed by atoms with Crippen LogP contribution in [0.2, 0.25) is 0 Å². The van der Waals surface area contributed by atoms with Crippen LogP contribution in [-0.2, 0) is 0 Å². The Kier molecular flexibility index (Phi) is 3.15. The molecule has 1 aromatic carbocycles. The van der Waals surface area contributed by atoms with E-state index in [1.165, 1.54) is 40.4 Å². The van der Waals surface area contributed by atoms with Gasteiger partial charge in [-0.25, -0.2) is 0 Å². The minimum absolute atomic E-state index is 0.557. The van der Waals surface area contributed by atoms with Gasteiger partial charge in [0, 0.05) is 9.30 Å². The van der Waals surface area contributed by atoms with Crippen molar-refractivity contribution in [1.29, 1.82) is 0 Å². The van der Waals surface area contributed by atoms with E-state index in [0.717, 1.165) is 17.8 Å². The first kappa shape index (κ1) is 12.2. The van der Waals surface area contributed by atoms with Crippen LogP contribution in [-0.4, -0.2) is 0 Å². The third-order valence-corrected chi connectivity index (χ3v) is 6.63. The predicted octanol–water partition coefficient (Wildman–Crippen LogP) is 5.55. The number of halogens is 2. The summed E-state index contributed by atoms with van der Waals surface area (Å²) in [4.78, 5) is 0.557. The van der Waals surface area contributed by atoms with Crippen molar-refractivity contribution in [3.05, 3.63) is 33.3 Å². The molecule has 3 unspecified atom stereocenters. The van der Waals surface area contributed by atoms with Crippen molar-refractivity contribution in [3.63, 3.8) is 0 Å². The summed E-state index contributed by atoms with van der Waals surface area (Å²) in [5, 5.41) is 0. The van der Waals surface area contributed by atoms with Crippen LogP contribution in [0.15, 0.2) is 16.6 Å². The molecule has 0 saturated heterocycles.